The van der Waals surface area contributed by atoms with Crippen LogP contribution in [0.25, 0.3) is 27.1 Å². The summed E-state index contributed by atoms with van der Waals surface area (Å²) in [5.41, 5.74) is 4.52. The highest BCUT2D eigenvalue weighted by atomic mass is 19.1. The summed E-state index contributed by atoms with van der Waals surface area (Å²) in [5.74, 6) is -2.69. The lowest BCUT2D eigenvalue weighted by Gasteiger charge is -2.07. The van der Waals surface area contributed by atoms with E-state index in [-0.39, 0.29) is 5.56 Å². The molecule has 0 heterocycles. The van der Waals surface area contributed by atoms with Gasteiger partial charge < -0.3 is 0 Å². The van der Waals surface area contributed by atoms with E-state index in [1.807, 2.05) is 36.4 Å². The molecule has 4 rings (SSSR count). The van der Waals surface area contributed by atoms with Gasteiger partial charge in [0.15, 0.2) is 0 Å². The molecule has 0 spiro atoms. The third kappa shape index (κ3) is 8.55. The van der Waals surface area contributed by atoms with Crippen LogP contribution in [-0.4, -0.2) is 0 Å². The van der Waals surface area contributed by atoms with Crippen LogP contribution >= 0.6 is 0 Å². The van der Waals surface area contributed by atoms with Gasteiger partial charge in [-0.15, -0.1) is 0 Å². The highest BCUT2D eigenvalue weighted by Crippen LogP contribution is 2.30. The van der Waals surface area contributed by atoms with Crippen LogP contribution in [-0.2, 0) is 12.8 Å². The van der Waals surface area contributed by atoms with E-state index in [2.05, 4.69) is 17.0 Å². The lowest BCUT2D eigenvalue weighted by atomic mass is 9.99. The summed E-state index contributed by atoms with van der Waals surface area (Å²) in [4.78, 5) is 2.91. The fourth-order valence-corrected chi connectivity index (χ4v) is 5.27. The molecular weight excluding hydrogens is 534 g/mol. The van der Waals surface area contributed by atoms with Gasteiger partial charge in [-0.3, -0.25) is 0 Å². The fraction of sp³-hybridized carbons (Fsp3) is 0.324. The smallest absolute Gasteiger partial charge is 0.232 e. The van der Waals surface area contributed by atoms with Crippen LogP contribution in [0.5, 0.6) is 0 Å². The Hall–Kier alpha value is -3.91. The Kier molecular flexibility index (Phi) is 11.3. The summed E-state index contributed by atoms with van der Waals surface area (Å²) >= 11 is 0. The quantitative estimate of drug-likeness (QED) is 0.0805. The summed E-state index contributed by atoms with van der Waals surface area (Å²) in [6.45, 7) is 8.32. The van der Waals surface area contributed by atoms with Gasteiger partial charge >= 0.3 is 0 Å². The number of benzene rings is 4. The van der Waals surface area contributed by atoms with Gasteiger partial charge in [-0.2, -0.15) is 0 Å². The molecule has 0 amide bonds. The van der Waals surface area contributed by atoms with Crippen LogP contribution in [0.4, 0.5) is 23.2 Å². The molecule has 0 atom stereocenters. The molecule has 4 aromatic carbocycles. The van der Waals surface area contributed by atoms with Gasteiger partial charge in [-0.05, 0) is 90.3 Å². The molecule has 0 N–H and O–H groups in total. The van der Waals surface area contributed by atoms with Gasteiger partial charge in [0.25, 0.3) is 5.69 Å². The van der Waals surface area contributed by atoms with Crippen LogP contribution in [0.3, 0.4) is 0 Å². The minimum absolute atomic E-state index is 0.0538. The van der Waals surface area contributed by atoms with Gasteiger partial charge in [0, 0.05) is 5.56 Å². The van der Waals surface area contributed by atoms with E-state index in [1.54, 1.807) is 0 Å². The van der Waals surface area contributed by atoms with Gasteiger partial charge in [-0.1, -0.05) is 93.5 Å². The van der Waals surface area contributed by atoms with E-state index >= 15 is 0 Å². The third-order valence-corrected chi connectivity index (χ3v) is 7.92. The number of halogens is 4. The number of nitrogens with zero attached hydrogens (tertiary/aromatic N) is 1. The Balaban J connectivity index is 1.05. The van der Waals surface area contributed by atoms with Crippen molar-refractivity contribution in [2.75, 3.05) is 0 Å². The van der Waals surface area contributed by atoms with Gasteiger partial charge in [-0.25, -0.2) is 22.4 Å². The Morgan fingerprint density at radius 1 is 0.476 bits per heavy atom. The molecule has 0 saturated heterocycles. The van der Waals surface area contributed by atoms with Gasteiger partial charge in [0.1, 0.15) is 23.3 Å². The predicted octanol–water partition coefficient (Wildman–Crippen LogP) is 11.7. The molecule has 0 radical (unpaired) electrons. The van der Waals surface area contributed by atoms with E-state index in [1.165, 1.54) is 87.3 Å². The first-order valence-corrected chi connectivity index (χ1v) is 14.9. The van der Waals surface area contributed by atoms with Crippen molar-refractivity contribution in [3.05, 3.63) is 124 Å². The van der Waals surface area contributed by atoms with Crippen LogP contribution in [0.15, 0.2) is 72.8 Å². The number of unbranched alkanes of at least 4 members (excludes halogenated alkanes) is 8. The van der Waals surface area contributed by atoms with Crippen molar-refractivity contribution in [1.29, 1.82) is 0 Å². The lowest BCUT2D eigenvalue weighted by molar-refractivity contribution is 0.558. The van der Waals surface area contributed by atoms with Crippen molar-refractivity contribution in [1.82, 2.24) is 0 Å². The molecule has 218 valence electrons. The highest BCUT2D eigenvalue weighted by Gasteiger charge is 2.12. The zero-order valence-electron chi connectivity index (χ0n) is 24.2. The van der Waals surface area contributed by atoms with Crippen LogP contribution < -0.4 is 0 Å². The predicted molar refractivity (Wildman–Crippen MR) is 164 cm³/mol. The normalized spacial score (nSPS) is 11.0. The van der Waals surface area contributed by atoms with Crippen molar-refractivity contribution in [2.45, 2.75) is 77.6 Å². The topological polar surface area (TPSA) is 4.36 Å². The number of rotatable bonds is 14. The third-order valence-electron chi connectivity index (χ3n) is 7.92. The molecule has 4 aromatic rings. The Morgan fingerprint density at radius 3 is 1.17 bits per heavy atom. The van der Waals surface area contributed by atoms with Crippen molar-refractivity contribution in [3.63, 3.8) is 0 Å². The van der Waals surface area contributed by atoms with Gasteiger partial charge in [0.05, 0.1) is 6.57 Å². The van der Waals surface area contributed by atoms with Crippen molar-refractivity contribution < 1.29 is 17.6 Å². The van der Waals surface area contributed by atoms with E-state index in [4.69, 9.17) is 6.57 Å². The zero-order chi connectivity index (χ0) is 29.9. The maximum absolute atomic E-state index is 13.9. The molecule has 1 nitrogen and oxygen atoms in total. The number of aryl methyl sites for hydroxylation is 2. The van der Waals surface area contributed by atoms with E-state index in [0.717, 1.165) is 36.8 Å². The first-order chi connectivity index (χ1) is 20.4. The van der Waals surface area contributed by atoms with Crippen LogP contribution in [0.1, 0.15) is 74.5 Å². The molecule has 0 saturated carbocycles. The Labute approximate surface area is 247 Å². The molecule has 0 aliphatic heterocycles. The minimum atomic E-state index is -0.829. The second-order valence-corrected chi connectivity index (χ2v) is 11.0. The molecule has 0 fully saturated rings. The standard InChI is InChI=1S/C37H37F4N/c1-26-33(38)22-31(23-34(26)39)29-18-14-27(15-19-29)12-10-8-6-4-3-5-7-9-11-13-28-16-20-30(21-17-28)32-24-35(40)37(42-2)36(41)25-32/h14-25H,3-13H2,1H3. The number of hydrogen-bond acceptors (Lipinski definition) is 0. The maximum Gasteiger partial charge on any atom is 0.256 e. The summed E-state index contributed by atoms with van der Waals surface area (Å²) in [6, 6.07) is 21.0. The van der Waals surface area contributed by atoms with Crippen molar-refractivity contribution in [2.24, 2.45) is 0 Å². The molecule has 0 aromatic heterocycles. The largest absolute Gasteiger partial charge is 0.256 e. The second-order valence-electron chi connectivity index (χ2n) is 11.0. The van der Waals surface area contributed by atoms with Crippen molar-refractivity contribution in [3.8, 4) is 22.3 Å². The molecule has 0 aliphatic carbocycles. The SMILES string of the molecule is [C-]#[N+]c1c(F)cc(-c2ccc(CCCCCCCCCCCc3ccc(-c4cc(F)c(C)c(F)c4)cc3)cc2)cc1F. The molecule has 0 aliphatic rings. The Morgan fingerprint density at radius 2 is 0.810 bits per heavy atom. The molecule has 5 heteroatoms. The Bertz CT molecular complexity index is 1450. The molecular formula is C37H37F4N. The van der Waals surface area contributed by atoms with E-state index < -0.39 is 29.0 Å². The zero-order valence-corrected chi connectivity index (χ0v) is 24.2. The molecule has 0 unspecified atom stereocenters. The summed E-state index contributed by atoms with van der Waals surface area (Å²) in [7, 11) is 0. The molecule has 42 heavy (non-hydrogen) atoms. The number of hydrogen-bond donors (Lipinski definition) is 0. The van der Waals surface area contributed by atoms with E-state index in [9.17, 15) is 17.6 Å². The summed E-state index contributed by atoms with van der Waals surface area (Å²) in [5, 5.41) is 0. The second kappa shape index (κ2) is 15.4. The fourth-order valence-electron chi connectivity index (χ4n) is 5.27. The average Bonchev–Trinajstić information content (AvgIpc) is 2.99. The summed E-state index contributed by atoms with van der Waals surface area (Å²) < 4.78 is 55.6. The van der Waals surface area contributed by atoms with Crippen LogP contribution in [0, 0.1) is 36.8 Å². The highest BCUT2D eigenvalue weighted by molar-refractivity contribution is 5.67. The molecule has 0 bridgehead atoms. The minimum Gasteiger partial charge on any atom is -0.232 e. The first-order valence-electron chi connectivity index (χ1n) is 14.9. The van der Waals surface area contributed by atoms with E-state index in [0.29, 0.717) is 11.1 Å². The van der Waals surface area contributed by atoms with Gasteiger partial charge in [0.2, 0.25) is 0 Å². The lowest BCUT2D eigenvalue weighted by Crippen LogP contribution is -1.91. The van der Waals surface area contributed by atoms with Crippen molar-refractivity contribution >= 4 is 5.69 Å². The first kappa shape index (κ1) is 31.0. The monoisotopic (exact) mass is 571 g/mol. The maximum atomic E-state index is 13.9. The van der Waals surface area contributed by atoms with Crippen LogP contribution in [0.2, 0.25) is 0 Å². The summed E-state index contributed by atoms with van der Waals surface area (Å²) in [6.07, 6.45) is 12.9. The average molecular weight is 572 g/mol.